The van der Waals surface area contributed by atoms with Gasteiger partial charge in [-0.3, -0.25) is 9.78 Å². The van der Waals surface area contributed by atoms with Crippen molar-refractivity contribution in [2.75, 3.05) is 13.1 Å². The minimum atomic E-state index is 0.249. The average Bonchev–Trinajstić information content (AvgIpc) is 2.36. The Balaban J connectivity index is 1.84. The molecule has 4 nitrogen and oxygen atoms in total. The summed E-state index contributed by atoms with van der Waals surface area (Å²) >= 11 is 0. The van der Waals surface area contributed by atoms with Gasteiger partial charge in [-0.25, -0.2) is 0 Å². The molecule has 1 N–H and O–H groups in total. The second kappa shape index (κ2) is 5.96. The average molecular weight is 247 g/mol. The van der Waals surface area contributed by atoms with Crippen molar-refractivity contribution in [2.45, 2.75) is 38.8 Å². The fraction of sp³-hybridized carbons (Fsp3) is 0.571. The third-order valence-electron chi connectivity index (χ3n) is 3.26. The summed E-state index contributed by atoms with van der Waals surface area (Å²) < 4.78 is 0. The molecule has 0 aliphatic carbocycles. The molecule has 1 saturated heterocycles. The minimum Gasteiger partial charge on any atom is -0.340 e. The van der Waals surface area contributed by atoms with E-state index in [9.17, 15) is 4.79 Å². The van der Waals surface area contributed by atoms with Crippen LogP contribution in [0.15, 0.2) is 24.5 Å². The van der Waals surface area contributed by atoms with E-state index in [1.807, 2.05) is 23.2 Å². The van der Waals surface area contributed by atoms with E-state index in [1.54, 1.807) is 6.20 Å². The highest BCUT2D eigenvalue weighted by atomic mass is 16.2. The van der Waals surface area contributed by atoms with Crippen LogP contribution in [0.2, 0.25) is 0 Å². The highest BCUT2D eigenvalue weighted by Crippen LogP contribution is 2.08. The van der Waals surface area contributed by atoms with Crippen molar-refractivity contribution in [1.29, 1.82) is 0 Å². The van der Waals surface area contributed by atoms with Gasteiger partial charge in [0.1, 0.15) is 0 Å². The summed E-state index contributed by atoms with van der Waals surface area (Å²) in [6, 6.07) is 4.70. The van der Waals surface area contributed by atoms with Crippen LogP contribution in [0.25, 0.3) is 0 Å². The minimum absolute atomic E-state index is 0.249. The molecule has 98 valence electrons. The number of amides is 1. The zero-order valence-corrected chi connectivity index (χ0v) is 11.1. The van der Waals surface area contributed by atoms with Crippen molar-refractivity contribution >= 4 is 5.91 Å². The summed E-state index contributed by atoms with van der Waals surface area (Å²) in [5, 5.41) is 3.43. The van der Waals surface area contributed by atoms with Crippen LogP contribution in [0.1, 0.15) is 25.8 Å². The van der Waals surface area contributed by atoms with E-state index in [-0.39, 0.29) is 5.91 Å². The summed E-state index contributed by atoms with van der Waals surface area (Å²) in [6.45, 7) is 5.88. The predicted octanol–water partition coefficient (Wildman–Crippen LogP) is 1.22. The Hall–Kier alpha value is -1.42. The fourth-order valence-corrected chi connectivity index (χ4v) is 2.49. The molecule has 0 bridgehead atoms. The monoisotopic (exact) mass is 247 g/mol. The van der Waals surface area contributed by atoms with E-state index < -0.39 is 0 Å². The van der Waals surface area contributed by atoms with Gasteiger partial charge in [-0.15, -0.1) is 0 Å². The highest BCUT2D eigenvalue weighted by Gasteiger charge is 2.24. The lowest BCUT2D eigenvalue weighted by molar-refractivity contribution is -0.132. The van der Waals surface area contributed by atoms with Gasteiger partial charge in [-0.05, 0) is 31.9 Å². The maximum atomic E-state index is 12.1. The zero-order valence-electron chi connectivity index (χ0n) is 11.1. The molecule has 1 amide bonds. The van der Waals surface area contributed by atoms with Gasteiger partial charge in [0.2, 0.25) is 5.91 Å². The van der Waals surface area contributed by atoms with E-state index in [0.29, 0.717) is 18.5 Å². The molecule has 2 unspecified atom stereocenters. The molecule has 4 heteroatoms. The number of rotatable bonds is 3. The van der Waals surface area contributed by atoms with E-state index in [1.165, 1.54) is 0 Å². The maximum Gasteiger partial charge on any atom is 0.223 e. The second-order valence-electron chi connectivity index (χ2n) is 5.13. The Kier molecular flexibility index (Phi) is 4.31. The molecule has 1 aliphatic rings. The topological polar surface area (TPSA) is 45.2 Å². The summed E-state index contributed by atoms with van der Waals surface area (Å²) in [6.07, 6.45) is 4.94. The highest BCUT2D eigenvalue weighted by molar-refractivity contribution is 5.76. The number of nitrogens with zero attached hydrogens (tertiary/aromatic N) is 2. The maximum absolute atomic E-state index is 12.1. The molecule has 0 spiro atoms. The SMILES string of the molecule is CC1CN(C(=O)CCc2cccnc2)CC(C)N1. The number of aromatic nitrogens is 1. The first-order valence-corrected chi connectivity index (χ1v) is 6.58. The van der Waals surface area contributed by atoms with Crippen molar-refractivity contribution in [3.05, 3.63) is 30.1 Å². The molecular formula is C14H21N3O. The largest absolute Gasteiger partial charge is 0.340 e. The third kappa shape index (κ3) is 3.53. The zero-order chi connectivity index (χ0) is 13.0. The number of nitrogens with one attached hydrogen (secondary N) is 1. The number of piperazine rings is 1. The van der Waals surface area contributed by atoms with Gasteiger partial charge in [0.25, 0.3) is 0 Å². The molecule has 2 atom stereocenters. The first-order chi connectivity index (χ1) is 8.65. The number of hydrogen-bond acceptors (Lipinski definition) is 3. The van der Waals surface area contributed by atoms with Crippen LogP contribution < -0.4 is 5.32 Å². The van der Waals surface area contributed by atoms with Gasteiger partial charge < -0.3 is 10.2 Å². The van der Waals surface area contributed by atoms with Crippen molar-refractivity contribution in [2.24, 2.45) is 0 Å². The van der Waals surface area contributed by atoms with Crippen LogP contribution in [0.5, 0.6) is 0 Å². The van der Waals surface area contributed by atoms with Crippen molar-refractivity contribution in [1.82, 2.24) is 15.2 Å². The number of carbonyl (C=O) groups excluding carboxylic acids is 1. The lowest BCUT2D eigenvalue weighted by Gasteiger charge is -2.36. The Labute approximate surface area is 108 Å². The molecule has 1 aromatic rings. The first-order valence-electron chi connectivity index (χ1n) is 6.58. The lowest BCUT2D eigenvalue weighted by atomic mass is 10.1. The second-order valence-corrected chi connectivity index (χ2v) is 5.13. The molecule has 2 rings (SSSR count). The van der Waals surface area contributed by atoms with Crippen molar-refractivity contribution in [3.63, 3.8) is 0 Å². The van der Waals surface area contributed by atoms with E-state index in [0.717, 1.165) is 25.1 Å². The van der Waals surface area contributed by atoms with E-state index in [2.05, 4.69) is 24.1 Å². The summed E-state index contributed by atoms with van der Waals surface area (Å²) in [4.78, 5) is 18.2. The summed E-state index contributed by atoms with van der Waals surface area (Å²) in [5.41, 5.74) is 1.13. The van der Waals surface area contributed by atoms with Crippen molar-refractivity contribution in [3.8, 4) is 0 Å². The van der Waals surface area contributed by atoms with Gasteiger partial charge >= 0.3 is 0 Å². The number of carbonyl (C=O) groups is 1. The number of aryl methyl sites for hydroxylation is 1. The van der Waals surface area contributed by atoms with Crippen LogP contribution in [-0.2, 0) is 11.2 Å². The smallest absolute Gasteiger partial charge is 0.223 e. The van der Waals surface area contributed by atoms with E-state index >= 15 is 0 Å². The fourth-order valence-electron chi connectivity index (χ4n) is 2.49. The molecule has 1 fully saturated rings. The number of hydrogen-bond donors (Lipinski definition) is 1. The molecule has 0 saturated carbocycles. The van der Waals surface area contributed by atoms with Crippen LogP contribution in [0, 0.1) is 0 Å². The Morgan fingerprint density at radius 2 is 2.17 bits per heavy atom. The standard InChI is InChI=1S/C14H21N3O/c1-11-9-17(10-12(2)16-11)14(18)6-5-13-4-3-7-15-8-13/h3-4,7-8,11-12,16H,5-6,9-10H2,1-2H3. The van der Waals surface area contributed by atoms with Crippen LogP contribution in [0.3, 0.4) is 0 Å². The number of pyridine rings is 1. The predicted molar refractivity (Wildman–Crippen MR) is 71.2 cm³/mol. The van der Waals surface area contributed by atoms with Gasteiger partial charge in [0.05, 0.1) is 0 Å². The summed E-state index contributed by atoms with van der Waals surface area (Å²) in [7, 11) is 0. The molecule has 1 aromatic heterocycles. The Bertz CT molecular complexity index is 383. The van der Waals surface area contributed by atoms with Crippen LogP contribution >= 0.6 is 0 Å². The molecular weight excluding hydrogens is 226 g/mol. The van der Waals surface area contributed by atoms with Gasteiger partial charge in [0.15, 0.2) is 0 Å². The quantitative estimate of drug-likeness (QED) is 0.873. The Morgan fingerprint density at radius 1 is 1.44 bits per heavy atom. The normalized spacial score (nSPS) is 24.0. The third-order valence-corrected chi connectivity index (χ3v) is 3.26. The molecule has 0 aromatic carbocycles. The van der Waals surface area contributed by atoms with Gasteiger partial charge in [-0.2, -0.15) is 0 Å². The molecule has 1 aliphatic heterocycles. The Morgan fingerprint density at radius 3 is 2.78 bits per heavy atom. The summed E-state index contributed by atoms with van der Waals surface area (Å²) in [5.74, 6) is 0.249. The molecule has 18 heavy (non-hydrogen) atoms. The van der Waals surface area contributed by atoms with E-state index in [4.69, 9.17) is 0 Å². The first kappa shape index (κ1) is 13.0. The molecule has 2 heterocycles. The van der Waals surface area contributed by atoms with Crippen LogP contribution in [-0.4, -0.2) is 41.0 Å². The molecule has 0 radical (unpaired) electrons. The van der Waals surface area contributed by atoms with Gasteiger partial charge in [-0.1, -0.05) is 6.07 Å². The lowest BCUT2D eigenvalue weighted by Crippen LogP contribution is -2.55. The van der Waals surface area contributed by atoms with Crippen molar-refractivity contribution < 1.29 is 4.79 Å². The van der Waals surface area contributed by atoms with Gasteiger partial charge in [0, 0.05) is 44.0 Å². The van der Waals surface area contributed by atoms with Crippen LogP contribution in [0.4, 0.5) is 0 Å².